The highest BCUT2D eigenvalue weighted by atomic mass is 16.2. The van der Waals surface area contributed by atoms with E-state index in [2.05, 4.69) is 5.32 Å². The lowest BCUT2D eigenvalue weighted by molar-refractivity contribution is 0.0913. The van der Waals surface area contributed by atoms with Crippen LogP contribution in [0.1, 0.15) is 36.2 Å². The highest BCUT2D eigenvalue weighted by Crippen LogP contribution is 2.17. The molecule has 0 radical (unpaired) electrons. The predicted molar refractivity (Wildman–Crippen MR) is 63.1 cm³/mol. The van der Waals surface area contributed by atoms with Gasteiger partial charge in [0.15, 0.2) is 0 Å². The molecule has 1 saturated carbocycles. The van der Waals surface area contributed by atoms with Crippen LogP contribution in [0.3, 0.4) is 0 Å². The van der Waals surface area contributed by atoms with Crippen LogP contribution in [0.25, 0.3) is 0 Å². The smallest absolute Gasteiger partial charge is 0.268 e. The van der Waals surface area contributed by atoms with Crippen molar-refractivity contribution in [1.82, 2.24) is 9.88 Å². The van der Waals surface area contributed by atoms with E-state index >= 15 is 0 Å². The average molecular weight is 221 g/mol. The molecule has 0 aromatic carbocycles. The lowest BCUT2D eigenvalue weighted by Crippen LogP contribution is -2.49. The second-order valence-electron chi connectivity index (χ2n) is 4.53. The third-order valence-electron chi connectivity index (χ3n) is 3.31. The largest absolute Gasteiger partial charge is 0.347 e. The Morgan fingerprint density at radius 2 is 2.25 bits per heavy atom. The topological polar surface area (TPSA) is 60.0 Å². The summed E-state index contributed by atoms with van der Waals surface area (Å²) in [4.78, 5) is 12.0. The summed E-state index contributed by atoms with van der Waals surface area (Å²) in [6, 6.07) is 3.94. The maximum atomic E-state index is 12.0. The molecule has 1 heterocycles. The molecule has 4 nitrogen and oxygen atoms in total. The molecular formula is C12H19N3O. The fourth-order valence-electron chi connectivity index (χ4n) is 2.28. The molecule has 2 unspecified atom stereocenters. The van der Waals surface area contributed by atoms with Crippen molar-refractivity contribution in [1.29, 1.82) is 0 Å². The van der Waals surface area contributed by atoms with E-state index in [0.29, 0.717) is 5.69 Å². The number of nitrogens with two attached hydrogens (primary N) is 1. The minimum absolute atomic E-state index is 0.0187. The Labute approximate surface area is 95.8 Å². The number of aromatic nitrogens is 1. The number of nitrogens with one attached hydrogen (secondary N) is 1. The Morgan fingerprint density at radius 3 is 2.88 bits per heavy atom. The highest BCUT2D eigenvalue weighted by molar-refractivity contribution is 5.92. The minimum atomic E-state index is -0.0187. The molecule has 1 aromatic heterocycles. The molecule has 1 amide bonds. The van der Waals surface area contributed by atoms with Crippen molar-refractivity contribution in [3.63, 3.8) is 0 Å². The van der Waals surface area contributed by atoms with Crippen molar-refractivity contribution >= 4 is 5.91 Å². The van der Waals surface area contributed by atoms with Gasteiger partial charge >= 0.3 is 0 Å². The SMILES string of the molecule is Cn1cccc1C(=O)NC1CCCCC1N. The van der Waals surface area contributed by atoms with Crippen LogP contribution in [-0.4, -0.2) is 22.6 Å². The van der Waals surface area contributed by atoms with Gasteiger partial charge in [-0.15, -0.1) is 0 Å². The summed E-state index contributed by atoms with van der Waals surface area (Å²) < 4.78 is 1.82. The van der Waals surface area contributed by atoms with E-state index in [-0.39, 0.29) is 18.0 Å². The molecule has 0 spiro atoms. The number of nitrogens with zero attached hydrogens (tertiary/aromatic N) is 1. The van der Waals surface area contributed by atoms with Crippen LogP contribution < -0.4 is 11.1 Å². The van der Waals surface area contributed by atoms with Crippen LogP contribution in [0.5, 0.6) is 0 Å². The third-order valence-corrected chi connectivity index (χ3v) is 3.31. The molecule has 1 aliphatic rings. The van der Waals surface area contributed by atoms with E-state index in [1.807, 2.05) is 29.9 Å². The molecule has 1 aromatic rings. The van der Waals surface area contributed by atoms with Gasteiger partial charge in [-0.3, -0.25) is 4.79 Å². The highest BCUT2D eigenvalue weighted by Gasteiger charge is 2.24. The van der Waals surface area contributed by atoms with Crippen molar-refractivity contribution in [2.75, 3.05) is 0 Å². The number of amides is 1. The summed E-state index contributed by atoms with van der Waals surface area (Å²) >= 11 is 0. The lowest BCUT2D eigenvalue weighted by Gasteiger charge is -2.29. The summed E-state index contributed by atoms with van der Waals surface area (Å²) in [5.74, 6) is -0.0187. The van der Waals surface area contributed by atoms with Gasteiger partial charge in [0.25, 0.3) is 5.91 Å². The fraction of sp³-hybridized carbons (Fsp3) is 0.583. The second kappa shape index (κ2) is 4.70. The molecule has 0 bridgehead atoms. The molecule has 0 aliphatic heterocycles. The summed E-state index contributed by atoms with van der Waals surface area (Å²) in [7, 11) is 1.87. The molecule has 0 saturated heterocycles. The number of aryl methyl sites for hydroxylation is 1. The summed E-state index contributed by atoms with van der Waals surface area (Å²) in [6.45, 7) is 0. The summed E-state index contributed by atoms with van der Waals surface area (Å²) in [5, 5.41) is 3.03. The van der Waals surface area contributed by atoms with E-state index in [0.717, 1.165) is 19.3 Å². The maximum absolute atomic E-state index is 12.0. The van der Waals surface area contributed by atoms with Gasteiger partial charge in [-0.25, -0.2) is 0 Å². The van der Waals surface area contributed by atoms with Gasteiger partial charge in [0.1, 0.15) is 5.69 Å². The fourth-order valence-corrected chi connectivity index (χ4v) is 2.28. The van der Waals surface area contributed by atoms with Crippen molar-refractivity contribution in [2.45, 2.75) is 37.8 Å². The standard InChI is InChI=1S/C12H19N3O/c1-15-8-4-7-11(15)12(16)14-10-6-3-2-5-9(10)13/h4,7-10H,2-3,5-6,13H2,1H3,(H,14,16). The van der Waals surface area contributed by atoms with Gasteiger partial charge in [-0.1, -0.05) is 12.8 Å². The molecule has 1 aliphatic carbocycles. The minimum Gasteiger partial charge on any atom is -0.347 e. The Balaban J connectivity index is 1.99. The third kappa shape index (κ3) is 2.27. The zero-order valence-corrected chi connectivity index (χ0v) is 9.65. The lowest BCUT2D eigenvalue weighted by atomic mass is 9.91. The van der Waals surface area contributed by atoms with Crippen LogP contribution >= 0.6 is 0 Å². The van der Waals surface area contributed by atoms with Crippen LogP contribution in [0, 0.1) is 0 Å². The van der Waals surface area contributed by atoms with Gasteiger partial charge in [0.2, 0.25) is 0 Å². The molecule has 3 N–H and O–H groups in total. The summed E-state index contributed by atoms with van der Waals surface area (Å²) in [5.41, 5.74) is 6.69. The van der Waals surface area contributed by atoms with Gasteiger partial charge in [-0.2, -0.15) is 0 Å². The number of hydrogen-bond donors (Lipinski definition) is 2. The predicted octanol–water partition coefficient (Wildman–Crippen LogP) is 1.02. The molecule has 2 rings (SSSR count). The molecule has 4 heteroatoms. The number of carbonyl (C=O) groups excluding carboxylic acids is 1. The summed E-state index contributed by atoms with van der Waals surface area (Å²) in [6.07, 6.45) is 6.22. The Kier molecular flexibility index (Phi) is 3.29. The monoisotopic (exact) mass is 221 g/mol. The number of carbonyl (C=O) groups is 1. The van der Waals surface area contributed by atoms with E-state index in [1.54, 1.807) is 0 Å². The van der Waals surface area contributed by atoms with Gasteiger partial charge in [0, 0.05) is 25.3 Å². The first-order valence-corrected chi connectivity index (χ1v) is 5.86. The van der Waals surface area contributed by atoms with Crippen LogP contribution in [0.4, 0.5) is 0 Å². The van der Waals surface area contributed by atoms with Gasteiger partial charge < -0.3 is 15.6 Å². The van der Waals surface area contributed by atoms with Crippen LogP contribution in [-0.2, 0) is 7.05 Å². The van der Waals surface area contributed by atoms with Gasteiger partial charge in [-0.05, 0) is 25.0 Å². The Bertz CT molecular complexity index is 372. The van der Waals surface area contributed by atoms with E-state index in [4.69, 9.17) is 5.73 Å². The first-order chi connectivity index (χ1) is 7.68. The number of rotatable bonds is 2. The first-order valence-electron chi connectivity index (χ1n) is 5.86. The quantitative estimate of drug-likeness (QED) is 0.783. The molecule has 2 atom stereocenters. The maximum Gasteiger partial charge on any atom is 0.268 e. The van der Waals surface area contributed by atoms with Crippen molar-refractivity contribution < 1.29 is 4.79 Å². The Morgan fingerprint density at radius 1 is 1.50 bits per heavy atom. The van der Waals surface area contributed by atoms with Crippen molar-refractivity contribution in [3.05, 3.63) is 24.0 Å². The van der Waals surface area contributed by atoms with Crippen molar-refractivity contribution in [3.8, 4) is 0 Å². The number of hydrogen-bond acceptors (Lipinski definition) is 2. The zero-order chi connectivity index (χ0) is 11.5. The van der Waals surface area contributed by atoms with Gasteiger partial charge in [0.05, 0.1) is 0 Å². The van der Waals surface area contributed by atoms with Crippen LogP contribution in [0.2, 0.25) is 0 Å². The van der Waals surface area contributed by atoms with E-state index in [1.165, 1.54) is 6.42 Å². The van der Waals surface area contributed by atoms with Crippen LogP contribution in [0.15, 0.2) is 18.3 Å². The average Bonchev–Trinajstić information content (AvgIpc) is 2.68. The molecule has 16 heavy (non-hydrogen) atoms. The molecule has 88 valence electrons. The van der Waals surface area contributed by atoms with E-state index in [9.17, 15) is 4.79 Å². The molecule has 1 fully saturated rings. The first kappa shape index (κ1) is 11.2. The Hall–Kier alpha value is -1.29. The normalized spacial score (nSPS) is 25.4. The van der Waals surface area contributed by atoms with Crippen molar-refractivity contribution in [2.24, 2.45) is 12.8 Å². The van der Waals surface area contributed by atoms with E-state index < -0.39 is 0 Å². The second-order valence-corrected chi connectivity index (χ2v) is 4.53. The molecular weight excluding hydrogens is 202 g/mol. The zero-order valence-electron chi connectivity index (χ0n) is 9.65.